The topological polar surface area (TPSA) is 6.48 Å². The van der Waals surface area contributed by atoms with E-state index in [1.165, 1.54) is 28.2 Å². The van der Waals surface area contributed by atoms with E-state index < -0.39 is 0 Å². The van der Waals surface area contributed by atoms with Crippen molar-refractivity contribution in [3.63, 3.8) is 0 Å². The molecule has 2 heteroatoms. The highest BCUT2D eigenvalue weighted by Gasteiger charge is 2.35. The van der Waals surface area contributed by atoms with Crippen LogP contribution in [0.15, 0.2) is 42.5 Å². The second-order valence-electron chi connectivity index (χ2n) is 8.24. The number of para-hydroxylation sites is 2. The summed E-state index contributed by atoms with van der Waals surface area (Å²) in [5, 5.41) is 0. The highest BCUT2D eigenvalue weighted by Crippen LogP contribution is 2.46. The van der Waals surface area contributed by atoms with E-state index in [-0.39, 0.29) is 5.41 Å². The highest BCUT2D eigenvalue weighted by molar-refractivity contribution is 5.84. The van der Waals surface area contributed by atoms with Gasteiger partial charge in [-0.05, 0) is 62.4 Å². The van der Waals surface area contributed by atoms with E-state index in [4.69, 9.17) is 0 Å². The second kappa shape index (κ2) is 5.84. The third-order valence-corrected chi connectivity index (χ3v) is 5.09. The second-order valence-corrected chi connectivity index (χ2v) is 8.24. The fourth-order valence-corrected chi connectivity index (χ4v) is 3.79. The average Bonchev–Trinajstić information content (AvgIpc) is 2.78. The maximum atomic E-state index is 2.51. The minimum absolute atomic E-state index is 0.155. The van der Waals surface area contributed by atoms with E-state index in [2.05, 4.69) is 101 Å². The van der Waals surface area contributed by atoms with Gasteiger partial charge in [0, 0.05) is 11.7 Å². The molecule has 3 rings (SSSR count). The Balaban J connectivity index is 2.16. The molecule has 0 N–H and O–H groups in total. The summed E-state index contributed by atoms with van der Waals surface area (Å²) >= 11 is 0. The van der Waals surface area contributed by atoms with Crippen LogP contribution in [-0.4, -0.2) is 12.2 Å². The minimum Gasteiger partial charge on any atom is -0.347 e. The van der Waals surface area contributed by atoms with E-state index in [1.807, 2.05) is 0 Å². The van der Waals surface area contributed by atoms with Gasteiger partial charge in [0.05, 0.1) is 11.4 Å². The molecule has 0 bridgehead atoms. The Morgan fingerprint density at radius 2 is 1.54 bits per heavy atom. The largest absolute Gasteiger partial charge is 0.347 e. The average molecular weight is 322 g/mol. The van der Waals surface area contributed by atoms with Crippen LogP contribution < -0.4 is 9.80 Å². The molecular formula is C22H30N2. The molecule has 0 aliphatic carbocycles. The molecule has 0 spiro atoms. The van der Waals surface area contributed by atoms with E-state index in [1.54, 1.807) is 0 Å². The Bertz CT molecular complexity index is 740. The number of hydrogen-bond acceptors (Lipinski definition) is 2. The molecule has 0 radical (unpaired) electrons. The molecule has 0 amide bonds. The van der Waals surface area contributed by atoms with Crippen molar-refractivity contribution in [1.29, 1.82) is 0 Å². The van der Waals surface area contributed by atoms with Crippen LogP contribution in [0, 0.1) is 6.92 Å². The standard InChI is InChI=1S/C22H30N2/c1-15(2)23-17(4)24(20-11-9-8-10-19(20)23)21-14-18(22(5,6)7)13-12-16(21)3/h8-15,17H,1-7H3/t17-/m0/s1. The smallest absolute Gasteiger partial charge is 0.104 e. The van der Waals surface area contributed by atoms with Crippen molar-refractivity contribution >= 4 is 17.1 Å². The summed E-state index contributed by atoms with van der Waals surface area (Å²) in [7, 11) is 0. The molecule has 0 saturated heterocycles. The van der Waals surface area contributed by atoms with Gasteiger partial charge in [0.25, 0.3) is 0 Å². The molecule has 1 heterocycles. The van der Waals surface area contributed by atoms with Crippen LogP contribution in [-0.2, 0) is 5.41 Å². The third kappa shape index (κ3) is 2.68. The normalized spacial score (nSPS) is 17.6. The molecule has 1 aliphatic heterocycles. The zero-order chi connectivity index (χ0) is 17.6. The predicted molar refractivity (Wildman–Crippen MR) is 106 cm³/mol. The van der Waals surface area contributed by atoms with Crippen molar-refractivity contribution in [2.24, 2.45) is 0 Å². The fourth-order valence-electron chi connectivity index (χ4n) is 3.79. The van der Waals surface area contributed by atoms with Crippen molar-refractivity contribution in [3.8, 4) is 0 Å². The van der Waals surface area contributed by atoms with E-state index in [0.717, 1.165) is 0 Å². The van der Waals surface area contributed by atoms with Crippen LogP contribution in [0.25, 0.3) is 0 Å². The minimum atomic E-state index is 0.155. The number of hydrogen-bond donors (Lipinski definition) is 0. The number of nitrogens with zero attached hydrogens (tertiary/aromatic N) is 2. The van der Waals surface area contributed by atoms with Gasteiger partial charge < -0.3 is 9.80 Å². The van der Waals surface area contributed by atoms with Gasteiger partial charge in [0.15, 0.2) is 0 Å². The maximum absolute atomic E-state index is 2.51. The van der Waals surface area contributed by atoms with Gasteiger partial charge in [0.2, 0.25) is 0 Å². The van der Waals surface area contributed by atoms with Gasteiger partial charge >= 0.3 is 0 Å². The first-order valence-electron chi connectivity index (χ1n) is 8.99. The van der Waals surface area contributed by atoms with E-state index in [0.29, 0.717) is 12.2 Å². The fraction of sp³-hybridized carbons (Fsp3) is 0.455. The summed E-state index contributed by atoms with van der Waals surface area (Å²) in [5.74, 6) is 0. The third-order valence-electron chi connectivity index (χ3n) is 5.09. The van der Waals surface area contributed by atoms with Gasteiger partial charge in [-0.15, -0.1) is 0 Å². The summed E-state index contributed by atoms with van der Waals surface area (Å²) in [4.78, 5) is 5.01. The van der Waals surface area contributed by atoms with Gasteiger partial charge in [-0.25, -0.2) is 0 Å². The first-order chi connectivity index (χ1) is 11.2. The van der Waals surface area contributed by atoms with Crippen LogP contribution in [0.3, 0.4) is 0 Å². The zero-order valence-electron chi connectivity index (χ0n) is 16.1. The molecule has 2 aromatic carbocycles. The molecule has 0 fully saturated rings. The molecule has 1 aliphatic rings. The van der Waals surface area contributed by atoms with Gasteiger partial charge in [-0.3, -0.25) is 0 Å². The Hall–Kier alpha value is -1.96. The van der Waals surface area contributed by atoms with E-state index in [9.17, 15) is 0 Å². The van der Waals surface area contributed by atoms with Crippen LogP contribution in [0.5, 0.6) is 0 Å². The van der Waals surface area contributed by atoms with Crippen LogP contribution in [0.1, 0.15) is 52.7 Å². The SMILES string of the molecule is Cc1ccc(C(C)(C)C)cc1N1c2ccccc2N(C(C)C)[C@@H]1C. The molecular weight excluding hydrogens is 292 g/mol. The first kappa shape index (κ1) is 16.9. The number of rotatable bonds is 2. The Morgan fingerprint density at radius 3 is 2.12 bits per heavy atom. The van der Waals surface area contributed by atoms with Crippen molar-refractivity contribution < 1.29 is 0 Å². The lowest BCUT2D eigenvalue weighted by Gasteiger charge is -2.34. The van der Waals surface area contributed by atoms with Crippen molar-refractivity contribution in [2.45, 2.75) is 66.1 Å². The molecule has 2 aromatic rings. The van der Waals surface area contributed by atoms with Gasteiger partial charge in [-0.2, -0.15) is 0 Å². The lowest BCUT2D eigenvalue weighted by Crippen LogP contribution is -2.42. The highest BCUT2D eigenvalue weighted by atomic mass is 15.4. The predicted octanol–water partition coefficient (Wildman–Crippen LogP) is 6.01. The zero-order valence-corrected chi connectivity index (χ0v) is 16.1. The van der Waals surface area contributed by atoms with Crippen LogP contribution in [0.4, 0.5) is 17.1 Å². The summed E-state index contributed by atoms with van der Waals surface area (Å²) < 4.78 is 0. The van der Waals surface area contributed by atoms with Crippen molar-refractivity contribution in [1.82, 2.24) is 0 Å². The molecule has 1 atom stereocenters. The quantitative estimate of drug-likeness (QED) is 0.668. The molecule has 24 heavy (non-hydrogen) atoms. The molecule has 128 valence electrons. The number of aryl methyl sites for hydroxylation is 1. The summed E-state index contributed by atoms with van der Waals surface area (Å²) in [6.45, 7) is 15.9. The van der Waals surface area contributed by atoms with Gasteiger partial charge in [-0.1, -0.05) is 45.0 Å². The molecule has 0 saturated carbocycles. The monoisotopic (exact) mass is 322 g/mol. The Labute approximate surface area is 147 Å². The summed E-state index contributed by atoms with van der Waals surface area (Å²) in [6.07, 6.45) is 0.316. The van der Waals surface area contributed by atoms with Crippen molar-refractivity contribution in [2.75, 3.05) is 9.80 Å². The summed E-state index contributed by atoms with van der Waals surface area (Å²) in [6, 6.07) is 16.2. The van der Waals surface area contributed by atoms with Crippen molar-refractivity contribution in [3.05, 3.63) is 53.6 Å². The lowest BCUT2D eigenvalue weighted by atomic mass is 9.86. The van der Waals surface area contributed by atoms with Gasteiger partial charge in [0.1, 0.15) is 6.17 Å². The van der Waals surface area contributed by atoms with E-state index >= 15 is 0 Å². The number of fused-ring (bicyclic) bond motifs is 1. The summed E-state index contributed by atoms with van der Waals surface area (Å²) in [5.41, 5.74) is 6.84. The first-order valence-corrected chi connectivity index (χ1v) is 8.99. The van der Waals surface area contributed by atoms with Crippen LogP contribution in [0.2, 0.25) is 0 Å². The van der Waals surface area contributed by atoms with Crippen LogP contribution >= 0.6 is 0 Å². The number of anilines is 3. The molecule has 0 aromatic heterocycles. The molecule has 2 nitrogen and oxygen atoms in total. The Kier molecular flexibility index (Phi) is 4.11. The number of benzene rings is 2. The molecule has 0 unspecified atom stereocenters. The lowest BCUT2D eigenvalue weighted by molar-refractivity contribution is 0.587. The maximum Gasteiger partial charge on any atom is 0.104 e. The Morgan fingerprint density at radius 1 is 0.917 bits per heavy atom.